The summed E-state index contributed by atoms with van der Waals surface area (Å²) in [5.74, 6) is 0.136. The molecule has 2 amide bonds. The summed E-state index contributed by atoms with van der Waals surface area (Å²) < 4.78 is 0. The van der Waals surface area contributed by atoms with Crippen LogP contribution in [0.4, 0.5) is 4.79 Å². The lowest BCUT2D eigenvalue weighted by atomic mass is 10.3. The van der Waals surface area contributed by atoms with Gasteiger partial charge in [-0.25, -0.2) is 4.79 Å². The van der Waals surface area contributed by atoms with E-state index in [1.54, 1.807) is 23.8 Å². The molecule has 4 nitrogen and oxygen atoms in total. The summed E-state index contributed by atoms with van der Waals surface area (Å²) in [6.45, 7) is 3.64. The van der Waals surface area contributed by atoms with E-state index in [4.69, 9.17) is 0 Å². The van der Waals surface area contributed by atoms with Crippen molar-refractivity contribution in [2.24, 2.45) is 0 Å². The number of amides is 2. The van der Waals surface area contributed by atoms with Crippen LogP contribution < -0.4 is 0 Å². The van der Waals surface area contributed by atoms with E-state index in [-0.39, 0.29) is 11.8 Å². The van der Waals surface area contributed by atoms with Crippen LogP contribution in [0.5, 0.6) is 0 Å². The molecule has 1 fully saturated rings. The number of likely N-dealkylation sites (N-methyl/N-ethyl adjacent to an activating group) is 1. The maximum Gasteiger partial charge on any atom is 0.319 e. The van der Waals surface area contributed by atoms with Crippen LogP contribution in [0.15, 0.2) is 0 Å². The van der Waals surface area contributed by atoms with Crippen molar-refractivity contribution in [3.63, 3.8) is 0 Å². The third-order valence-corrected chi connectivity index (χ3v) is 2.04. The van der Waals surface area contributed by atoms with Gasteiger partial charge in [-0.15, -0.1) is 0 Å². The topological polar surface area (TPSA) is 40.6 Å². The van der Waals surface area contributed by atoms with Gasteiger partial charge in [0.1, 0.15) is 5.78 Å². The summed E-state index contributed by atoms with van der Waals surface area (Å²) in [7, 11) is 1.77. The zero-order valence-corrected chi connectivity index (χ0v) is 7.54. The molecule has 1 aliphatic rings. The van der Waals surface area contributed by atoms with Crippen molar-refractivity contribution in [3.05, 3.63) is 0 Å². The molecule has 0 aromatic heterocycles. The van der Waals surface area contributed by atoms with E-state index in [2.05, 4.69) is 0 Å². The van der Waals surface area contributed by atoms with Gasteiger partial charge in [-0.05, 0) is 6.92 Å². The van der Waals surface area contributed by atoms with E-state index in [9.17, 15) is 9.59 Å². The van der Waals surface area contributed by atoms with Gasteiger partial charge in [-0.2, -0.15) is 0 Å². The first-order chi connectivity index (χ1) is 5.61. The van der Waals surface area contributed by atoms with Gasteiger partial charge in [0.15, 0.2) is 0 Å². The highest BCUT2D eigenvalue weighted by molar-refractivity contribution is 5.78. The molecule has 0 spiro atoms. The van der Waals surface area contributed by atoms with Crippen molar-refractivity contribution in [3.8, 4) is 0 Å². The molecule has 0 N–H and O–H groups in total. The fourth-order valence-corrected chi connectivity index (χ4v) is 1.20. The summed E-state index contributed by atoms with van der Waals surface area (Å²) in [5.41, 5.74) is 0. The molecule has 0 bridgehead atoms. The number of urea groups is 1. The Morgan fingerprint density at radius 1 is 1.50 bits per heavy atom. The number of rotatable bonds is 3. The predicted octanol–water partition coefficient (Wildman–Crippen LogP) is 0.333. The minimum atomic E-state index is 0.0382. The first kappa shape index (κ1) is 9.03. The van der Waals surface area contributed by atoms with Crippen LogP contribution in [0.1, 0.15) is 13.3 Å². The van der Waals surface area contributed by atoms with Gasteiger partial charge in [0.2, 0.25) is 0 Å². The largest absolute Gasteiger partial charge is 0.326 e. The minimum absolute atomic E-state index is 0.0382. The summed E-state index contributed by atoms with van der Waals surface area (Å²) in [5, 5.41) is 0. The fourth-order valence-electron chi connectivity index (χ4n) is 1.20. The Morgan fingerprint density at radius 3 is 2.58 bits per heavy atom. The van der Waals surface area contributed by atoms with Crippen LogP contribution in [0.2, 0.25) is 0 Å². The molecule has 0 radical (unpaired) electrons. The Kier molecular flexibility index (Phi) is 2.68. The Hall–Kier alpha value is -1.06. The monoisotopic (exact) mass is 170 g/mol. The number of hydrogen-bond acceptors (Lipinski definition) is 2. The molecule has 0 aliphatic carbocycles. The third kappa shape index (κ3) is 1.96. The summed E-state index contributed by atoms with van der Waals surface area (Å²) in [6.07, 6.45) is 0.472. The molecule has 4 heteroatoms. The number of carbonyl (C=O) groups excluding carboxylic acids is 2. The van der Waals surface area contributed by atoms with Gasteiger partial charge < -0.3 is 9.80 Å². The Bertz CT molecular complexity index is 203. The summed E-state index contributed by atoms with van der Waals surface area (Å²) in [4.78, 5) is 25.3. The number of carbonyl (C=O) groups is 2. The van der Waals surface area contributed by atoms with Crippen molar-refractivity contribution in [1.29, 1.82) is 0 Å². The Labute approximate surface area is 72.1 Å². The van der Waals surface area contributed by atoms with Crippen LogP contribution >= 0.6 is 0 Å². The second kappa shape index (κ2) is 3.56. The Balaban J connectivity index is 2.34. The zero-order valence-electron chi connectivity index (χ0n) is 7.54. The number of Topliss-reactive ketones (excluding diaryl/α,β-unsaturated/α-hetero) is 1. The van der Waals surface area contributed by atoms with Crippen LogP contribution in [-0.2, 0) is 4.79 Å². The van der Waals surface area contributed by atoms with Gasteiger partial charge >= 0.3 is 6.03 Å². The first-order valence-electron chi connectivity index (χ1n) is 4.10. The van der Waals surface area contributed by atoms with Crippen LogP contribution in [0, 0.1) is 0 Å². The van der Waals surface area contributed by atoms with Gasteiger partial charge in [0.25, 0.3) is 0 Å². The van der Waals surface area contributed by atoms with Gasteiger partial charge in [-0.1, -0.05) is 0 Å². The number of nitrogens with zero attached hydrogens (tertiary/aromatic N) is 2. The molecule has 12 heavy (non-hydrogen) atoms. The van der Waals surface area contributed by atoms with Gasteiger partial charge in [0, 0.05) is 33.1 Å². The second-order valence-corrected chi connectivity index (χ2v) is 3.14. The molecule has 1 rings (SSSR count). The van der Waals surface area contributed by atoms with Gasteiger partial charge in [0.05, 0.1) is 0 Å². The molecule has 1 saturated heterocycles. The van der Waals surface area contributed by atoms with E-state index in [1.165, 1.54) is 0 Å². The minimum Gasteiger partial charge on any atom is -0.326 e. The van der Waals surface area contributed by atoms with Crippen molar-refractivity contribution < 1.29 is 9.59 Å². The fraction of sp³-hybridized carbons (Fsp3) is 0.750. The van der Waals surface area contributed by atoms with Crippen molar-refractivity contribution in [2.75, 3.05) is 26.7 Å². The standard InChI is InChI=1S/C8H14N2O2/c1-7(11)3-4-10-6-5-9(2)8(10)12/h3-6H2,1-2H3. The quantitative estimate of drug-likeness (QED) is 0.612. The highest BCUT2D eigenvalue weighted by Gasteiger charge is 2.24. The first-order valence-corrected chi connectivity index (χ1v) is 4.10. The lowest BCUT2D eigenvalue weighted by molar-refractivity contribution is -0.117. The van der Waals surface area contributed by atoms with Crippen molar-refractivity contribution in [2.45, 2.75) is 13.3 Å². The number of hydrogen-bond donors (Lipinski definition) is 0. The highest BCUT2D eigenvalue weighted by Crippen LogP contribution is 2.06. The van der Waals surface area contributed by atoms with Crippen LogP contribution in [-0.4, -0.2) is 48.3 Å². The Morgan fingerprint density at radius 2 is 2.17 bits per heavy atom. The molecular weight excluding hydrogens is 156 g/mol. The normalized spacial score (nSPS) is 17.3. The highest BCUT2D eigenvalue weighted by atomic mass is 16.2. The molecule has 0 aromatic rings. The molecule has 1 aliphatic heterocycles. The van der Waals surface area contributed by atoms with Crippen molar-refractivity contribution in [1.82, 2.24) is 9.80 Å². The smallest absolute Gasteiger partial charge is 0.319 e. The maximum absolute atomic E-state index is 11.3. The molecule has 0 atom stereocenters. The predicted molar refractivity (Wildman–Crippen MR) is 44.9 cm³/mol. The molecular formula is C8H14N2O2. The van der Waals surface area contributed by atoms with E-state index in [0.29, 0.717) is 13.0 Å². The van der Waals surface area contributed by atoms with E-state index in [0.717, 1.165) is 13.1 Å². The second-order valence-electron chi connectivity index (χ2n) is 3.14. The molecule has 68 valence electrons. The van der Waals surface area contributed by atoms with Gasteiger partial charge in [-0.3, -0.25) is 4.79 Å². The summed E-state index contributed by atoms with van der Waals surface area (Å²) >= 11 is 0. The lowest BCUT2D eigenvalue weighted by Gasteiger charge is -2.14. The number of ketones is 1. The maximum atomic E-state index is 11.3. The summed E-state index contributed by atoms with van der Waals surface area (Å²) in [6, 6.07) is 0.0382. The van der Waals surface area contributed by atoms with E-state index >= 15 is 0 Å². The van der Waals surface area contributed by atoms with Crippen LogP contribution in [0.3, 0.4) is 0 Å². The van der Waals surface area contributed by atoms with Crippen molar-refractivity contribution >= 4 is 11.8 Å². The lowest BCUT2D eigenvalue weighted by Crippen LogP contribution is -2.30. The average molecular weight is 170 g/mol. The molecule has 0 unspecified atom stereocenters. The SMILES string of the molecule is CC(=O)CCN1CCN(C)C1=O. The molecule has 0 saturated carbocycles. The molecule has 1 heterocycles. The van der Waals surface area contributed by atoms with E-state index < -0.39 is 0 Å². The average Bonchev–Trinajstić information content (AvgIpc) is 2.30. The zero-order chi connectivity index (χ0) is 9.14. The molecule has 0 aromatic carbocycles. The van der Waals surface area contributed by atoms with E-state index in [1.807, 2.05) is 0 Å². The van der Waals surface area contributed by atoms with Crippen LogP contribution in [0.25, 0.3) is 0 Å². The third-order valence-electron chi connectivity index (χ3n) is 2.04.